The van der Waals surface area contributed by atoms with Crippen LogP contribution >= 0.6 is 11.3 Å². The van der Waals surface area contributed by atoms with E-state index < -0.39 is 0 Å². The number of anilines is 1. The van der Waals surface area contributed by atoms with Gasteiger partial charge in [0.2, 0.25) is 5.36 Å². The smallest absolute Gasteiger partial charge is 0.201 e. The second-order valence-electron chi connectivity index (χ2n) is 5.86. The van der Waals surface area contributed by atoms with E-state index in [0.29, 0.717) is 0 Å². The fraction of sp³-hybridized carbons (Fsp3) is 0.400. The van der Waals surface area contributed by atoms with Crippen molar-refractivity contribution < 1.29 is 24.0 Å². The van der Waals surface area contributed by atoms with Crippen LogP contribution in [0, 0.1) is 0 Å². The first kappa shape index (κ1) is 20.1. The molecule has 3 nitrogen and oxygen atoms in total. The molecule has 2 aliphatic rings. The third-order valence-corrected chi connectivity index (χ3v) is 5.70. The molecule has 0 amide bonds. The Morgan fingerprint density at radius 3 is 2.32 bits per heavy atom. The van der Waals surface area contributed by atoms with Crippen LogP contribution in [0.5, 0.6) is 0 Å². The van der Waals surface area contributed by atoms with E-state index >= 15 is 0 Å². The van der Waals surface area contributed by atoms with Crippen LogP contribution in [0.2, 0.25) is 0 Å². The molecule has 1 aromatic rings. The molecule has 5 heteroatoms. The maximum Gasteiger partial charge on any atom is 0.201 e. The van der Waals surface area contributed by atoms with Crippen LogP contribution in [0.15, 0.2) is 36.4 Å². The molecule has 1 aliphatic heterocycles. The highest BCUT2D eigenvalue weighted by Crippen LogP contribution is 2.31. The van der Waals surface area contributed by atoms with Gasteiger partial charge in [-0.1, -0.05) is 0 Å². The van der Waals surface area contributed by atoms with Crippen molar-refractivity contribution in [2.75, 3.05) is 31.1 Å². The summed E-state index contributed by atoms with van der Waals surface area (Å²) in [5, 5.41) is 1.28. The Bertz CT molecular complexity index is 878. The number of fused-ring (bicyclic) bond motifs is 2. The van der Waals surface area contributed by atoms with Crippen LogP contribution in [-0.4, -0.2) is 31.2 Å². The van der Waals surface area contributed by atoms with Gasteiger partial charge < -0.3 is 28.9 Å². The van der Waals surface area contributed by atoms with Crippen molar-refractivity contribution in [2.24, 2.45) is 0 Å². The number of hydrogen-bond acceptors (Lipinski definition) is 3. The van der Waals surface area contributed by atoms with Crippen LogP contribution in [-0.2, 0) is 0 Å². The van der Waals surface area contributed by atoms with Gasteiger partial charge in [-0.2, -0.15) is 0 Å². The van der Waals surface area contributed by atoms with Gasteiger partial charge in [-0.3, -0.25) is 0 Å². The summed E-state index contributed by atoms with van der Waals surface area (Å²) in [6.07, 6.45) is 0. The number of hydrogen-bond donors (Lipinski definition) is 0. The minimum Gasteiger partial charge on any atom is -1.00 e. The quantitative estimate of drug-likeness (QED) is 0.318. The molecule has 0 atom stereocenters. The third-order valence-electron chi connectivity index (χ3n) is 4.60. The molecule has 1 heterocycles. The van der Waals surface area contributed by atoms with Crippen molar-refractivity contribution in [3.05, 3.63) is 41.8 Å². The largest absolute Gasteiger partial charge is 1.00 e. The second kappa shape index (κ2) is 8.94. The lowest BCUT2D eigenvalue weighted by atomic mass is 10.2. The summed E-state index contributed by atoms with van der Waals surface area (Å²) in [5.41, 5.74) is 3.45. The highest BCUT2D eigenvalue weighted by Gasteiger charge is 2.11. The van der Waals surface area contributed by atoms with E-state index in [0.717, 1.165) is 37.4 Å². The van der Waals surface area contributed by atoms with E-state index in [2.05, 4.69) is 73.6 Å². The molecule has 0 radical (unpaired) electrons. The maximum atomic E-state index is 4.86. The Morgan fingerprint density at radius 1 is 0.960 bits per heavy atom. The van der Waals surface area contributed by atoms with Crippen LogP contribution in [0.1, 0.15) is 27.7 Å². The zero-order valence-corrected chi connectivity index (χ0v) is 18.4. The Morgan fingerprint density at radius 2 is 1.68 bits per heavy atom. The average molecular weight is 467 g/mol. The first-order valence-electron chi connectivity index (χ1n) is 8.87. The highest BCUT2D eigenvalue weighted by atomic mass is 127. The predicted octanol–water partition coefficient (Wildman–Crippen LogP) is 1.06. The molecule has 1 aliphatic carbocycles. The van der Waals surface area contributed by atoms with Crippen LogP contribution in [0.4, 0.5) is 5.69 Å². The standard InChI is InChI=1S/C20H26N3S.HI/c1-5-22(6-2)15-9-11-17-19(13-15)24-20-14-16(23(7-3)8-4)10-12-18(20)21-17;/h9-14H,5-8H2,1-4H3;1H/q+1;/p-1. The molecule has 1 aromatic carbocycles. The summed E-state index contributed by atoms with van der Waals surface area (Å²) in [6, 6.07) is 13.2. The minimum atomic E-state index is 0. The molecular formula is C20H26IN3S. The van der Waals surface area contributed by atoms with Gasteiger partial charge >= 0.3 is 0 Å². The first-order chi connectivity index (χ1) is 11.7. The maximum absolute atomic E-state index is 4.86. The van der Waals surface area contributed by atoms with Crippen molar-refractivity contribution in [1.82, 2.24) is 9.56 Å². The highest BCUT2D eigenvalue weighted by molar-refractivity contribution is 7.21. The van der Waals surface area contributed by atoms with Gasteiger partial charge in [0, 0.05) is 30.9 Å². The van der Waals surface area contributed by atoms with Gasteiger partial charge in [0.1, 0.15) is 13.1 Å². The molecule has 0 saturated carbocycles. The summed E-state index contributed by atoms with van der Waals surface area (Å²) in [5.74, 6) is 0. The van der Waals surface area contributed by atoms with Crippen molar-refractivity contribution in [3.63, 3.8) is 0 Å². The zero-order chi connectivity index (χ0) is 17.1. The summed E-state index contributed by atoms with van der Waals surface area (Å²) in [4.78, 5) is 8.49. The molecule has 25 heavy (non-hydrogen) atoms. The van der Waals surface area contributed by atoms with E-state index in [1.807, 2.05) is 11.3 Å². The van der Waals surface area contributed by atoms with Gasteiger partial charge in [0.15, 0.2) is 0 Å². The number of rotatable bonds is 5. The van der Waals surface area contributed by atoms with Crippen molar-refractivity contribution >= 4 is 27.2 Å². The Hall–Kier alpha value is -1.21. The second-order valence-corrected chi connectivity index (χ2v) is 6.95. The minimum absolute atomic E-state index is 0. The number of aromatic nitrogens is 1. The normalized spacial score (nSPS) is 10.7. The zero-order valence-electron chi connectivity index (χ0n) is 15.4. The first-order valence-corrected chi connectivity index (χ1v) is 9.69. The SMILES string of the molecule is CCN(CC)c1ccc2nc3ccc(=[N+](CC)CC)cc-3sc2c1.[I-]. The molecule has 134 valence electrons. The lowest BCUT2D eigenvalue weighted by Gasteiger charge is -2.21. The van der Waals surface area contributed by atoms with Gasteiger partial charge in [-0.25, -0.2) is 9.56 Å². The lowest BCUT2D eigenvalue weighted by Crippen LogP contribution is -3.00. The van der Waals surface area contributed by atoms with E-state index in [1.54, 1.807) is 0 Å². The van der Waals surface area contributed by atoms with Crippen molar-refractivity contribution in [1.29, 1.82) is 0 Å². The molecule has 0 unspecified atom stereocenters. The topological polar surface area (TPSA) is 19.1 Å². The molecule has 0 spiro atoms. The lowest BCUT2D eigenvalue weighted by molar-refractivity contribution is -0.00000500. The van der Waals surface area contributed by atoms with Gasteiger partial charge in [-0.05, 0) is 52.0 Å². The summed E-state index contributed by atoms with van der Waals surface area (Å²) in [6.45, 7) is 12.9. The summed E-state index contributed by atoms with van der Waals surface area (Å²) in [7, 11) is 0. The van der Waals surface area contributed by atoms with Crippen molar-refractivity contribution in [2.45, 2.75) is 27.7 Å². The predicted molar refractivity (Wildman–Crippen MR) is 106 cm³/mol. The molecule has 0 fully saturated rings. The average Bonchev–Trinajstić information content (AvgIpc) is 2.62. The van der Waals surface area contributed by atoms with E-state index in [-0.39, 0.29) is 24.0 Å². The summed E-state index contributed by atoms with van der Waals surface area (Å²) >= 11 is 1.84. The van der Waals surface area contributed by atoms with E-state index in [9.17, 15) is 0 Å². The van der Waals surface area contributed by atoms with Crippen molar-refractivity contribution in [3.8, 4) is 10.6 Å². The Balaban J connectivity index is 0.00000225. The molecule has 0 bridgehead atoms. The molecule has 3 rings (SSSR count). The van der Waals surface area contributed by atoms with Gasteiger partial charge in [0.25, 0.3) is 0 Å². The molecule has 0 aromatic heterocycles. The van der Waals surface area contributed by atoms with Crippen LogP contribution in [0.3, 0.4) is 0 Å². The Labute approximate surface area is 171 Å². The third kappa shape index (κ3) is 4.14. The van der Waals surface area contributed by atoms with E-state index in [1.165, 1.54) is 20.6 Å². The van der Waals surface area contributed by atoms with Gasteiger partial charge in [-0.15, -0.1) is 11.3 Å². The molecule has 0 saturated heterocycles. The fourth-order valence-corrected chi connectivity index (χ4v) is 4.21. The number of halogens is 1. The molecule has 0 N–H and O–H groups in total. The number of benzene rings is 2. The molecular weight excluding hydrogens is 441 g/mol. The Kier molecular flexibility index (Phi) is 7.19. The van der Waals surface area contributed by atoms with Crippen LogP contribution in [0.25, 0.3) is 20.8 Å². The summed E-state index contributed by atoms with van der Waals surface area (Å²) < 4.78 is 3.63. The van der Waals surface area contributed by atoms with Gasteiger partial charge in [0.05, 0.1) is 20.8 Å². The van der Waals surface area contributed by atoms with Crippen LogP contribution < -0.4 is 38.8 Å². The van der Waals surface area contributed by atoms with E-state index in [4.69, 9.17) is 4.98 Å². The fourth-order valence-electron chi connectivity index (χ4n) is 3.17. The number of nitrogens with zero attached hydrogens (tertiary/aromatic N) is 3. The monoisotopic (exact) mass is 467 g/mol.